The first-order valence-electron chi connectivity index (χ1n) is 9.64. The first-order valence-corrected chi connectivity index (χ1v) is 11.7. The maximum absolute atomic E-state index is 11.2. The summed E-state index contributed by atoms with van der Waals surface area (Å²) in [5, 5.41) is 21.9. The van der Waals surface area contributed by atoms with Crippen molar-refractivity contribution in [2.75, 3.05) is 33.4 Å². The summed E-state index contributed by atoms with van der Waals surface area (Å²) in [6.07, 6.45) is 0. The Morgan fingerprint density at radius 3 is 2.27 bits per heavy atom. The SMILES string of the molecule is CN(Cc1ccccc1)C(=S)Sc1ccc([N+](=O)[O-])cc1[N+](=O)[O-].S=C(S)N1CCOCC1. The zero-order valence-electron chi connectivity index (χ0n) is 17.7. The number of nitro groups is 2. The van der Waals surface area contributed by atoms with Gasteiger partial charge in [0.05, 0.1) is 34.0 Å². The maximum Gasteiger partial charge on any atom is 0.290 e. The molecule has 0 unspecified atom stereocenters. The quantitative estimate of drug-likeness (QED) is 0.196. The van der Waals surface area contributed by atoms with Crippen LogP contribution in [0.1, 0.15) is 5.56 Å². The zero-order valence-corrected chi connectivity index (χ0v) is 21.0. The number of hydrogen-bond donors (Lipinski definition) is 1. The lowest BCUT2D eigenvalue weighted by molar-refractivity contribution is -0.396. The van der Waals surface area contributed by atoms with Gasteiger partial charge in [0.15, 0.2) is 0 Å². The van der Waals surface area contributed by atoms with Gasteiger partial charge < -0.3 is 14.5 Å². The third-order valence-corrected chi connectivity index (χ3v) is 6.56. The average Bonchev–Trinajstić information content (AvgIpc) is 2.80. The molecule has 1 fully saturated rings. The highest BCUT2D eigenvalue weighted by molar-refractivity contribution is 8.23. The van der Waals surface area contributed by atoms with Crippen LogP contribution < -0.4 is 0 Å². The molecule has 1 heterocycles. The molecule has 0 radical (unpaired) electrons. The molecule has 1 aliphatic rings. The van der Waals surface area contributed by atoms with Gasteiger partial charge in [-0.2, -0.15) is 0 Å². The summed E-state index contributed by atoms with van der Waals surface area (Å²) in [5.41, 5.74) is 0.403. The minimum absolute atomic E-state index is 0.274. The van der Waals surface area contributed by atoms with E-state index in [1.54, 1.807) is 11.9 Å². The van der Waals surface area contributed by atoms with Crippen LogP contribution in [0.15, 0.2) is 53.4 Å². The number of morpholine rings is 1. The van der Waals surface area contributed by atoms with Crippen LogP contribution in [0.3, 0.4) is 0 Å². The second-order valence-electron chi connectivity index (χ2n) is 6.76. The lowest BCUT2D eigenvalue weighted by atomic mass is 10.2. The summed E-state index contributed by atoms with van der Waals surface area (Å²) in [5.74, 6) is 0. The molecule has 0 amide bonds. The van der Waals surface area contributed by atoms with Gasteiger partial charge >= 0.3 is 0 Å². The molecular formula is C20H22N4O5S4. The van der Waals surface area contributed by atoms with Crippen LogP contribution in [0.5, 0.6) is 0 Å². The van der Waals surface area contributed by atoms with Crippen LogP contribution in [0, 0.1) is 20.2 Å². The van der Waals surface area contributed by atoms with Crippen LogP contribution in [-0.4, -0.2) is 61.6 Å². The van der Waals surface area contributed by atoms with E-state index in [-0.39, 0.29) is 16.3 Å². The van der Waals surface area contributed by atoms with E-state index < -0.39 is 9.85 Å². The number of thioether (sulfide) groups is 1. The smallest absolute Gasteiger partial charge is 0.290 e. The van der Waals surface area contributed by atoms with E-state index in [0.29, 0.717) is 15.2 Å². The van der Waals surface area contributed by atoms with Crippen molar-refractivity contribution in [3.05, 3.63) is 74.3 Å². The summed E-state index contributed by atoms with van der Waals surface area (Å²) < 4.78 is 6.23. The Balaban J connectivity index is 0.000000357. The van der Waals surface area contributed by atoms with Crippen molar-refractivity contribution >= 4 is 68.8 Å². The van der Waals surface area contributed by atoms with E-state index in [4.69, 9.17) is 29.2 Å². The molecule has 0 saturated carbocycles. The summed E-state index contributed by atoms with van der Waals surface area (Å²) in [6, 6.07) is 13.2. The van der Waals surface area contributed by atoms with Gasteiger partial charge in [-0.1, -0.05) is 66.5 Å². The predicted molar refractivity (Wildman–Crippen MR) is 140 cm³/mol. The van der Waals surface area contributed by atoms with E-state index in [9.17, 15) is 20.2 Å². The number of rotatable bonds is 5. The lowest BCUT2D eigenvalue weighted by Crippen LogP contribution is -2.37. The van der Waals surface area contributed by atoms with Gasteiger partial charge in [-0.3, -0.25) is 20.2 Å². The summed E-state index contributed by atoms with van der Waals surface area (Å²) in [7, 11) is 1.79. The van der Waals surface area contributed by atoms with E-state index in [1.807, 2.05) is 35.2 Å². The number of ether oxygens (including phenoxy) is 1. The Kier molecular flexibility index (Phi) is 10.9. The predicted octanol–water partition coefficient (Wildman–Crippen LogP) is 4.55. The van der Waals surface area contributed by atoms with E-state index >= 15 is 0 Å². The van der Waals surface area contributed by atoms with Crippen LogP contribution in [-0.2, 0) is 11.3 Å². The van der Waals surface area contributed by atoms with E-state index in [1.165, 1.54) is 12.1 Å². The molecule has 13 heteroatoms. The van der Waals surface area contributed by atoms with E-state index in [0.717, 1.165) is 49.7 Å². The minimum atomic E-state index is -0.665. The molecule has 3 rings (SSSR count). The molecule has 0 spiro atoms. The van der Waals surface area contributed by atoms with Crippen molar-refractivity contribution in [1.82, 2.24) is 9.80 Å². The molecule has 2 aromatic rings. The number of thiol groups is 1. The molecule has 33 heavy (non-hydrogen) atoms. The second-order valence-corrected chi connectivity index (χ2v) is 9.55. The number of nitro benzene ring substituents is 2. The molecule has 0 atom stereocenters. The first kappa shape index (κ1) is 26.9. The largest absolute Gasteiger partial charge is 0.378 e. The highest BCUT2D eigenvalue weighted by atomic mass is 32.2. The number of thiocarbonyl (C=S) groups is 2. The topological polar surface area (TPSA) is 102 Å². The van der Waals surface area contributed by atoms with Crippen LogP contribution in [0.2, 0.25) is 0 Å². The fourth-order valence-electron chi connectivity index (χ4n) is 2.70. The van der Waals surface area contributed by atoms with Gasteiger partial charge in [0.1, 0.15) is 8.64 Å². The van der Waals surface area contributed by atoms with Gasteiger partial charge in [0, 0.05) is 32.7 Å². The van der Waals surface area contributed by atoms with Crippen LogP contribution in [0.25, 0.3) is 0 Å². The van der Waals surface area contributed by atoms with Gasteiger partial charge in [-0.05, 0) is 11.6 Å². The normalized spacial score (nSPS) is 12.8. The molecule has 0 aromatic heterocycles. The Labute approximate surface area is 211 Å². The highest BCUT2D eigenvalue weighted by Crippen LogP contribution is 2.34. The Morgan fingerprint density at radius 1 is 1.12 bits per heavy atom. The molecular weight excluding hydrogens is 505 g/mol. The van der Waals surface area contributed by atoms with Crippen molar-refractivity contribution in [3.8, 4) is 0 Å². The third kappa shape index (κ3) is 8.85. The molecule has 2 aromatic carbocycles. The summed E-state index contributed by atoms with van der Waals surface area (Å²) in [6.45, 7) is 3.90. The zero-order chi connectivity index (χ0) is 24.4. The fraction of sp³-hybridized carbons (Fsp3) is 0.300. The summed E-state index contributed by atoms with van der Waals surface area (Å²) >= 11 is 15.3. The first-order chi connectivity index (χ1) is 15.7. The van der Waals surface area contributed by atoms with Crippen molar-refractivity contribution in [1.29, 1.82) is 0 Å². The Hall–Kier alpha value is -2.32. The van der Waals surface area contributed by atoms with Gasteiger partial charge in [0.2, 0.25) is 0 Å². The average molecular weight is 527 g/mol. The van der Waals surface area contributed by atoms with Crippen molar-refractivity contribution in [2.24, 2.45) is 0 Å². The van der Waals surface area contributed by atoms with Crippen molar-refractivity contribution in [3.63, 3.8) is 0 Å². The minimum Gasteiger partial charge on any atom is -0.378 e. The molecule has 1 saturated heterocycles. The number of non-ortho nitro benzene ring substituents is 1. The van der Waals surface area contributed by atoms with Gasteiger partial charge in [0.25, 0.3) is 11.4 Å². The van der Waals surface area contributed by atoms with E-state index in [2.05, 4.69) is 12.6 Å². The van der Waals surface area contributed by atoms with Crippen LogP contribution in [0.4, 0.5) is 11.4 Å². The van der Waals surface area contributed by atoms with Crippen molar-refractivity contribution < 1.29 is 14.6 Å². The Morgan fingerprint density at radius 2 is 1.76 bits per heavy atom. The number of benzene rings is 2. The van der Waals surface area contributed by atoms with Crippen LogP contribution >= 0.6 is 48.8 Å². The van der Waals surface area contributed by atoms with Gasteiger partial charge in [-0.25, -0.2) is 0 Å². The standard InChI is InChI=1S/C15H13N3O4S2.C5H9NOS2/c1-16(10-11-5-3-2-4-6-11)15(23)24-14-8-7-12(17(19)20)9-13(14)18(21)22;8-5(9)6-1-3-7-4-2-6/h2-9H,10H2,1H3;1-4H2,(H,8,9). The second kappa shape index (κ2) is 13.4. The molecule has 9 nitrogen and oxygen atoms in total. The lowest BCUT2D eigenvalue weighted by Gasteiger charge is -2.26. The third-order valence-electron chi connectivity index (χ3n) is 4.40. The fourth-order valence-corrected chi connectivity index (χ4v) is 4.20. The molecule has 0 aliphatic carbocycles. The van der Waals surface area contributed by atoms with Crippen molar-refractivity contribution in [2.45, 2.75) is 11.4 Å². The van der Waals surface area contributed by atoms with Gasteiger partial charge in [-0.15, -0.1) is 12.6 Å². The summed E-state index contributed by atoms with van der Waals surface area (Å²) in [4.78, 5) is 24.7. The Bertz CT molecular complexity index is 1000. The monoisotopic (exact) mass is 526 g/mol. The maximum atomic E-state index is 11.2. The molecule has 176 valence electrons. The number of nitrogens with zero attached hydrogens (tertiary/aromatic N) is 4. The molecule has 0 bridgehead atoms. The molecule has 0 N–H and O–H groups in total. The number of hydrogen-bond acceptors (Lipinski definition) is 8. The molecule has 1 aliphatic heterocycles. The highest BCUT2D eigenvalue weighted by Gasteiger charge is 2.21.